The highest BCUT2D eigenvalue weighted by atomic mass is 19.4. The summed E-state index contributed by atoms with van der Waals surface area (Å²) in [6, 6.07) is 0. The standard InChI is InChI=1S/C18H25F3O2/c1-7-8(2)10-5-9(7)13-11-6-12(14(10)13)17(15(22)23,16(11,3)4)18(19,20)21/h7-14H,5-6H2,1-4H3,(H,22,23). The highest BCUT2D eigenvalue weighted by Gasteiger charge is 2.84. The molecule has 0 radical (unpaired) electrons. The van der Waals surface area contributed by atoms with E-state index >= 15 is 0 Å². The van der Waals surface area contributed by atoms with E-state index in [1.165, 1.54) is 0 Å². The Hall–Kier alpha value is -0.740. The van der Waals surface area contributed by atoms with Crippen LogP contribution in [0.4, 0.5) is 13.2 Å². The van der Waals surface area contributed by atoms with E-state index in [1.807, 2.05) is 0 Å². The van der Waals surface area contributed by atoms with Crippen molar-refractivity contribution in [1.82, 2.24) is 0 Å². The molecule has 0 amide bonds. The van der Waals surface area contributed by atoms with E-state index in [4.69, 9.17) is 0 Å². The number of carboxylic acid groups (broad SMARTS) is 1. The minimum Gasteiger partial charge on any atom is -0.481 e. The van der Waals surface area contributed by atoms with Gasteiger partial charge in [0.25, 0.3) is 0 Å². The Morgan fingerprint density at radius 1 is 1.00 bits per heavy atom. The second kappa shape index (κ2) is 4.08. The molecule has 130 valence electrons. The average Bonchev–Trinajstić information content (AvgIpc) is 3.05. The first-order valence-corrected chi connectivity index (χ1v) is 8.78. The Morgan fingerprint density at radius 3 is 1.91 bits per heavy atom. The van der Waals surface area contributed by atoms with E-state index in [9.17, 15) is 23.1 Å². The van der Waals surface area contributed by atoms with Crippen LogP contribution in [0.1, 0.15) is 40.5 Å². The minimum absolute atomic E-state index is 0.0399. The van der Waals surface area contributed by atoms with E-state index in [0.29, 0.717) is 30.1 Å². The van der Waals surface area contributed by atoms with Crippen LogP contribution in [0.2, 0.25) is 0 Å². The highest BCUT2D eigenvalue weighted by Crippen LogP contribution is 2.81. The fourth-order valence-corrected chi connectivity index (χ4v) is 7.97. The maximum Gasteiger partial charge on any atom is 0.405 e. The quantitative estimate of drug-likeness (QED) is 0.721. The van der Waals surface area contributed by atoms with Gasteiger partial charge in [-0.25, -0.2) is 0 Å². The van der Waals surface area contributed by atoms with Crippen molar-refractivity contribution in [2.24, 2.45) is 58.2 Å². The number of hydrogen-bond donors (Lipinski definition) is 1. The van der Waals surface area contributed by atoms with Crippen LogP contribution >= 0.6 is 0 Å². The fraction of sp³-hybridized carbons (Fsp3) is 0.944. The Bertz CT molecular complexity index is 569. The van der Waals surface area contributed by atoms with Gasteiger partial charge in [-0.3, -0.25) is 4.79 Å². The fourth-order valence-electron chi connectivity index (χ4n) is 7.97. The van der Waals surface area contributed by atoms with E-state index in [2.05, 4.69) is 13.8 Å². The molecule has 4 rings (SSSR count). The molecule has 4 aliphatic rings. The molecular weight excluding hydrogens is 305 g/mol. The van der Waals surface area contributed by atoms with Crippen molar-refractivity contribution in [3.63, 3.8) is 0 Å². The van der Waals surface area contributed by atoms with Gasteiger partial charge in [0.2, 0.25) is 0 Å². The summed E-state index contributed by atoms with van der Waals surface area (Å²) in [5.74, 6) is -0.478. The lowest BCUT2D eigenvalue weighted by Gasteiger charge is -2.55. The van der Waals surface area contributed by atoms with Gasteiger partial charge in [-0.1, -0.05) is 27.7 Å². The lowest BCUT2D eigenvalue weighted by molar-refractivity contribution is -0.287. The first-order valence-electron chi connectivity index (χ1n) is 8.78. The van der Waals surface area contributed by atoms with Gasteiger partial charge in [-0.2, -0.15) is 13.2 Å². The number of alkyl halides is 3. The van der Waals surface area contributed by atoms with E-state index in [0.717, 1.165) is 6.42 Å². The number of carboxylic acids is 1. The van der Waals surface area contributed by atoms with Crippen LogP contribution in [0.5, 0.6) is 0 Å². The second-order valence-corrected chi connectivity index (χ2v) is 9.22. The van der Waals surface area contributed by atoms with Gasteiger partial charge in [0, 0.05) is 0 Å². The highest BCUT2D eigenvalue weighted by molar-refractivity contribution is 5.78. The van der Waals surface area contributed by atoms with Crippen LogP contribution in [0.3, 0.4) is 0 Å². The maximum atomic E-state index is 14.1. The van der Waals surface area contributed by atoms with Crippen LogP contribution in [0, 0.1) is 58.2 Å². The maximum absolute atomic E-state index is 14.1. The number of fused-ring (bicyclic) bond motifs is 9. The topological polar surface area (TPSA) is 37.3 Å². The van der Waals surface area contributed by atoms with Crippen LogP contribution in [0.25, 0.3) is 0 Å². The Labute approximate surface area is 134 Å². The Kier molecular flexibility index (Phi) is 2.80. The third-order valence-corrected chi connectivity index (χ3v) is 8.88. The van der Waals surface area contributed by atoms with E-state index in [-0.39, 0.29) is 17.8 Å². The van der Waals surface area contributed by atoms with Crippen LogP contribution < -0.4 is 0 Å². The number of aliphatic carboxylic acids is 1. The molecule has 0 aromatic carbocycles. The number of hydrogen-bond acceptors (Lipinski definition) is 1. The summed E-state index contributed by atoms with van der Waals surface area (Å²) in [5.41, 5.74) is -3.80. The predicted molar refractivity (Wildman–Crippen MR) is 78.4 cm³/mol. The molecule has 0 aromatic heterocycles. The molecule has 0 saturated heterocycles. The summed E-state index contributed by atoms with van der Waals surface area (Å²) in [5, 5.41) is 9.75. The summed E-state index contributed by atoms with van der Waals surface area (Å²) < 4.78 is 42.3. The summed E-state index contributed by atoms with van der Waals surface area (Å²) in [7, 11) is 0. The lowest BCUT2D eigenvalue weighted by Crippen LogP contribution is -2.62. The molecule has 1 N–H and O–H groups in total. The van der Waals surface area contributed by atoms with Gasteiger partial charge in [0.15, 0.2) is 5.41 Å². The normalized spacial score (nSPS) is 56.1. The molecule has 0 aromatic rings. The smallest absolute Gasteiger partial charge is 0.405 e. The van der Waals surface area contributed by atoms with Crippen molar-refractivity contribution >= 4 is 5.97 Å². The van der Waals surface area contributed by atoms with Gasteiger partial charge in [-0.15, -0.1) is 0 Å². The molecule has 4 fully saturated rings. The monoisotopic (exact) mass is 330 g/mol. The van der Waals surface area contributed by atoms with Crippen LogP contribution in [-0.4, -0.2) is 17.3 Å². The first-order chi connectivity index (χ1) is 10.5. The Balaban J connectivity index is 1.87. The zero-order valence-electron chi connectivity index (χ0n) is 14.0. The molecule has 0 spiro atoms. The zero-order valence-corrected chi connectivity index (χ0v) is 14.0. The molecule has 9 unspecified atom stereocenters. The molecule has 5 heteroatoms. The van der Waals surface area contributed by atoms with Crippen molar-refractivity contribution in [3.05, 3.63) is 0 Å². The van der Waals surface area contributed by atoms with Gasteiger partial charge in [-0.05, 0) is 65.6 Å². The van der Waals surface area contributed by atoms with Crippen LogP contribution in [-0.2, 0) is 4.79 Å². The molecular formula is C18H25F3O2. The van der Waals surface area contributed by atoms with Crippen LogP contribution in [0.15, 0.2) is 0 Å². The summed E-state index contributed by atoms with van der Waals surface area (Å²) in [6.45, 7) is 7.52. The van der Waals surface area contributed by atoms with Crippen molar-refractivity contribution in [2.45, 2.75) is 46.7 Å². The molecule has 4 aliphatic carbocycles. The molecule has 4 saturated carbocycles. The number of carbonyl (C=O) groups is 1. The predicted octanol–water partition coefficient (Wildman–Crippen LogP) is 4.45. The molecule has 2 nitrogen and oxygen atoms in total. The minimum atomic E-state index is -4.69. The molecule has 9 atom stereocenters. The van der Waals surface area contributed by atoms with Gasteiger partial charge >= 0.3 is 12.1 Å². The van der Waals surface area contributed by atoms with Gasteiger partial charge < -0.3 is 5.11 Å². The van der Waals surface area contributed by atoms with Crippen molar-refractivity contribution in [1.29, 1.82) is 0 Å². The molecule has 4 bridgehead atoms. The van der Waals surface area contributed by atoms with Crippen molar-refractivity contribution in [3.8, 4) is 0 Å². The van der Waals surface area contributed by atoms with E-state index < -0.39 is 28.9 Å². The Morgan fingerprint density at radius 2 is 1.48 bits per heavy atom. The number of rotatable bonds is 1. The number of halogens is 3. The summed E-state index contributed by atoms with van der Waals surface area (Å²) >= 11 is 0. The summed E-state index contributed by atoms with van der Waals surface area (Å²) in [4.78, 5) is 12.0. The van der Waals surface area contributed by atoms with Crippen molar-refractivity contribution in [2.75, 3.05) is 0 Å². The zero-order chi connectivity index (χ0) is 17.1. The SMILES string of the molecule is CC1C(C)C2CC1C1C2C2CC1C(C)(C)C2(C(=O)O)C(F)(F)F. The third kappa shape index (κ3) is 1.39. The average molecular weight is 330 g/mol. The molecule has 0 heterocycles. The van der Waals surface area contributed by atoms with Crippen molar-refractivity contribution < 1.29 is 23.1 Å². The van der Waals surface area contributed by atoms with Gasteiger partial charge in [0.1, 0.15) is 0 Å². The van der Waals surface area contributed by atoms with E-state index in [1.54, 1.807) is 13.8 Å². The third-order valence-electron chi connectivity index (χ3n) is 8.88. The molecule has 23 heavy (non-hydrogen) atoms. The lowest BCUT2D eigenvalue weighted by atomic mass is 9.48. The second-order valence-electron chi connectivity index (χ2n) is 9.22. The largest absolute Gasteiger partial charge is 0.481 e. The first kappa shape index (κ1) is 15.8. The van der Waals surface area contributed by atoms with Gasteiger partial charge in [0.05, 0.1) is 0 Å². The summed E-state index contributed by atoms with van der Waals surface area (Å²) in [6.07, 6.45) is -3.24. The molecule has 0 aliphatic heterocycles.